The maximum Gasteiger partial charge on any atom is 0.139 e. The Balaban J connectivity index is 1.33. The van der Waals surface area contributed by atoms with Gasteiger partial charge in [0.25, 0.3) is 0 Å². The van der Waals surface area contributed by atoms with Gasteiger partial charge in [0.1, 0.15) is 73.9 Å². The van der Waals surface area contributed by atoms with E-state index in [4.69, 9.17) is 4.42 Å². The highest BCUT2D eigenvalue weighted by molar-refractivity contribution is 6.71. The van der Waals surface area contributed by atoms with E-state index in [0.717, 1.165) is 21.9 Å². The highest BCUT2D eigenvalue weighted by Crippen LogP contribution is 2.43. The number of hydrogen-bond donors (Lipinski definition) is 0. The second-order valence-electron chi connectivity index (χ2n) is 15.9. The van der Waals surface area contributed by atoms with Crippen molar-refractivity contribution in [2.24, 2.45) is 0 Å². The SMILES string of the molecule is Bc1c(B)c(B)c2c(-c3ccc4oc5ccccc5c4c3)c3c(B)c(B)c(B)c(B)c3c(-c3ccc4c(ccc5cc(-c6ccccc6)ccc54)c3)c2c1B. The third kappa shape index (κ3) is 4.91. The maximum absolute atomic E-state index is 6.34. The molecule has 0 aliphatic rings. The van der Waals surface area contributed by atoms with Crippen molar-refractivity contribution in [3.05, 3.63) is 121 Å². The van der Waals surface area contributed by atoms with Crippen LogP contribution in [0.4, 0.5) is 0 Å². The zero-order valence-corrected chi connectivity index (χ0v) is 33.0. The summed E-state index contributed by atoms with van der Waals surface area (Å²) >= 11 is 0. The van der Waals surface area contributed by atoms with Gasteiger partial charge in [-0.2, -0.15) is 0 Å². The zero-order chi connectivity index (χ0) is 37.9. The van der Waals surface area contributed by atoms with Crippen molar-refractivity contribution < 1.29 is 4.42 Å². The Bertz CT molecular complexity index is 3220. The number of para-hydroxylation sites is 1. The first-order valence-corrected chi connectivity index (χ1v) is 19.5. The second-order valence-corrected chi connectivity index (χ2v) is 15.9. The van der Waals surface area contributed by atoms with Gasteiger partial charge in [-0.1, -0.05) is 113 Å². The summed E-state index contributed by atoms with van der Waals surface area (Å²) in [7, 11) is 18.6. The average molecular weight is 691 g/mol. The Kier molecular flexibility index (Phi) is 7.66. The van der Waals surface area contributed by atoms with Crippen LogP contribution in [0.1, 0.15) is 0 Å². The Morgan fingerprint density at radius 3 is 1.29 bits per heavy atom. The van der Waals surface area contributed by atoms with Gasteiger partial charge in [0.2, 0.25) is 0 Å². The van der Waals surface area contributed by atoms with Crippen LogP contribution in [-0.4, -0.2) is 62.8 Å². The lowest BCUT2D eigenvalue weighted by Gasteiger charge is -2.28. The molecule has 0 radical (unpaired) electrons. The molecule has 0 fully saturated rings. The summed E-state index contributed by atoms with van der Waals surface area (Å²) in [6, 6.07) is 44.7. The van der Waals surface area contributed by atoms with Crippen LogP contribution in [0.5, 0.6) is 0 Å². The van der Waals surface area contributed by atoms with Crippen molar-refractivity contribution in [2.45, 2.75) is 0 Å². The number of benzene rings is 9. The van der Waals surface area contributed by atoms with E-state index in [1.54, 1.807) is 0 Å². The number of furan rings is 1. The number of hydrogen-bond acceptors (Lipinski definition) is 1. The third-order valence-corrected chi connectivity index (χ3v) is 13.3. The highest BCUT2D eigenvalue weighted by atomic mass is 16.3. The van der Waals surface area contributed by atoms with E-state index >= 15 is 0 Å². The molecule has 0 unspecified atom stereocenters. The molecule has 1 aromatic heterocycles. The molecule has 0 N–H and O–H groups in total. The van der Waals surface area contributed by atoms with Crippen LogP contribution in [-0.2, 0) is 0 Å². The molecule has 0 bridgehead atoms. The minimum Gasteiger partial charge on any atom is -0.456 e. The molecule has 1 heterocycles. The molecule has 10 rings (SSSR count). The lowest BCUT2D eigenvalue weighted by Crippen LogP contribution is -2.50. The normalized spacial score (nSPS) is 11.9. The lowest BCUT2D eigenvalue weighted by molar-refractivity contribution is 0.669. The van der Waals surface area contributed by atoms with Gasteiger partial charge < -0.3 is 4.42 Å². The van der Waals surface area contributed by atoms with Crippen LogP contribution in [0.3, 0.4) is 0 Å². The van der Waals surface area contributed by atoms with E-state index < -0.39 is 0 Å². The van der Waals surface area contributed by atoms with E-state index in [1.807, 2.05) is 0 Å². The molecular formula is C46H36B8O. The molecule has 0 aliphatic heterocycles. The van der Waals surface area contributed by atoms with Gasteiger partial charge in [-0.25, -0.2) is 0 Å². The summed E-state index contributed by atoms with van der Waals surface area (Å²) < 4.78 is 6.34. The van der Waals surface area contributed by atoms with Crippen LogP contribution >= 0.6 is 0 Å². The van der Waals surface area contributed by atoms with Gasteiger partial charge in [0.05, 0.1) is 0 Å². The van der Waals surface area contributed by atoms with Crippen LogP contribution in [0.25, 0.3) is 98.4 Å². The molecule has 9 heteroatoms. The minimum atomic E-state index is 0.926. The summed E-state index contributed by atoms with van der Waals surface area (Å²) in [5, 5.41) is 12.8. The Hall–Kier alpha value is -5.66. The van der Waals surface area contributed by atoms with E-state index in [0.29, 0.717) is 0 Å². The lowest BCUT2D eigenvalue weighted by atomic mass is 9.59. The highest BCUT2D eigenvalue weighted by Gasteiger charge is 2.25. The van der Waals surface area contributed by atoms with Gasteiger partial charge in [-0.05, 0) is 107 Å². The van der Waals surface area contributed by atoms with E-state index in [-0.39, 0.29) is 0 Å². The summed E-state index contributed by atoms with van der Waals surface area (Å²) in [6.45, 7) is 0. The molecule has 9 aromatic carbocycles. The van der Waals surface area contributed by atoms with Crippen LogP contribution < -0.4 is 43.7 Å². The van der Waals surface area contributed by atoms with Gasteiger partial charge in [-0.15, -0.1) is 21.9 Å². The van der Waals surface area contributed by atoms with Gasteiger partial charge in [0.15, 0.2) is 0 Å². The standard InChI is InChI=1S/C46H36B8O/c47-39-35-33(25-13-16-28-24(19-25)11-10-23-18-22(12-15-27(23)28)21-6-2-1-3-7-21)36-38(42(50)46(54)44(52)40(36)48)34(37(35)41(49)45(53)43(39)51)26-14-17-32-30(20-26)29-8-4-5-9-31(29)55-32/h1-20H,47-54H2. The molecule has 0 amide bonds. The van der Waals surface area contributed by atoms with Crippen LogP contribution in [0.2, 0.25) is 0 Å². The predicted octanol–water partition coefficient (Wildman–Crippen LogP) is -0.733. The van der Waals surface area contributed by atoms with E-state index in [1.165, 1.54) is 120 Å². The summed E-state index contributed by atoms with van der Waals surface area (Å²) in [6.07, 6.45) is 0. The minimum absolute atomic E-state index is 0.926. The topological polar surface area (TPSA) is 13.1 Å². The van der Waals surface area contributed by atoms with Crippen molar-refractivity contribution in [1.29, 1.82) is 0 Å². The van der Waals surface area contributed by atoms with Crippen LogP contribution in [0, 0.1) is 0 Å². The molecule has 250 valence electrons. The monoisotopic (exact) mass is 692 g/mol. The molecule has 55 heavy (non-hydrogen) atoms. The first-order chi connectivity index (χ1) is 26.6. The molecule has 0 atom stereocenters. The fourth-order valence-electron chi connectivity index (χ4n) is 9.62. The van der Waals surface area contributed by atoms with Crippen molar-refractivity contribution >= 4 is 172 Å². The van der Waals surface area contributed by atoms with Gasteiger partial charge >= 0.3 is 0 Å². The summed E-state index contributed by atoms with van der Waals surface area (Å²) in [5.74, 6) is 0. The zero-order valence-electron chi connectivity index (χ0n) is 33.0. The molecule has 1 nitrogen and oxygen atoms in total. The second kappa shape index (κ2) is 12.4. The fourth-order valence-corrected chi connectivity index (χ4v) is 9.62. The Morgan fingerprint density at radius 1 is 0.291 bits per heavy atom. The summed E-state index contributed by atoms with van der Waals surface area (Å²) in [4.78, 5) is 0. The third-order valence-electron chi connectivity index (χ3n) is 13.3. The first-order valence-electron chi connectivity index (χ1n) is 19.5. The number of rotatable bonds is 3. The predicted molar refractivity (Wildman–Crippen MR) is 265 cm³/mol. The average Bonchev–Trinajstić information content (AvgIpc) is 3.60. The fraction of sp³-hybridized carbons (Fsp3) is 0. The largest absolute Gasteiger partial charge is 0.456 e. The van der Waals surface area contributed by atoms with E-state index in [2.05, 4.69) is 184 Å². The number of fused-ring (bicyclic) bond motifs is 8. The molecular weight excluding hydrogens is 655 g/mol. The first kappa shape index (κ1) is 33.9. The van der Waals surface area contributed by atoms with Crippen molar-refractivity contribution in [1.82, 2.24) is 0 Å². The summed E-state index contributed by atoms with van der Waals surface area (Å²) in [5.41, 5.74) is 20.4. The Morgan fingerprint density at radius 2 is 0.727 bits per heavy atom. The quantitative estimate of drug-likeness (QED) is 0.136. The smallest absolute Gasteiger partial charge is 0.139 e. The molecule has 0 spiro atoms. The molecule has 10 aromatic rings. The molecule has 0 saturated carbocycles. The van der Waals surface area contributed by atoms with Crippen LogP contribution in [0.15, 0.2) is 126 Å². The van der Waals surface area contributed by atoms with Crippen molar-refractivity contribution in [2.75, 3.05) is 0 Å². The maximum atomic E-state index is 6.34. The van der Waals surface area contributed by atoms with Gasteiger partial charge in [0, 0.05) is 10.8 Å². The Labute approximate surface area is 329 Å². The van der Waals surface area contributed by atoms with Crippen molar-refractivity contribution in [3.63, 3.8) is 0 Å². The molecule has 0 saturated heterocycles. The van der Waals surface area contributed by atoms with Crippen molar-refractivity contribution in [3.8, 4) is 33.4 Å². The van der Waals surface area contributed by atoms with E-state index in [9.17, 15) is 0 Å². The molecule has 0 aliphatic carbocycles. The van der Waals surface area contributed by atoms with Gasteiger partial charge in [-0.3, -0.25) is 0 Å².